The van der Waals surface area contributed by atoms with Gasteiger partial charge in [-0.15, -0.1) is 0 Å². The third-order valence-corrected chi connectivity index (χ3v) is 6.38. The molecule has 0 radical (unpaired) electrons. The van der Waals surface area contributed by atoms with Gasteiger partial charge in [0, 0.05) is 39.1 Å². The lowest BCUT2D eigenvalue weighted by Gasteiger charge is -2.36. The molecule has 3 amide bonds. The molecule has 168 valence electrons. The van der Waals surface area contributed by atoms with Crippen LogP contribution in [-0.2, 0) is 11.3 Å². The van der Waals surface area contributed by atoms with Gasteiger partial charge in [-0.1, -0.05) is 25.5 Å². The van der Waals surface area contributed by atoms with E-state index in [1.54, 1.807) is 24.5 Å². The van der Waals surface area contributed by atoms with Gasteiger partial charge in [-0.25, -0.2) is 0 Å². The number of hydrogen-bond acceptors (Lipinski definition) is 5. The highest BCUT2D eigenvalue weighted by Gasteiger charge is 2.39. The summed E-state index contributed by atoms with van der Waals surface area (Å²) in [7, 11) is 1.87. The number of nitrogens with zero attached hydrogens (tertiary/aromatic N) is 4. The summed E-state index contributed by atoms with van der Waals surface area (Å²) in [5.41, 5.74) is 2.45. The predicted molar refractivity (Wildman–Crippen MR) is 122 cm³/mol. The summed E-state index contributed by atoms with van der Waals surface area (Å²) in [5, 5.41) is 0. The molecule has 2 aliphatic heterocycles. The first-order chi connectivity index (χ1) is 15.5. The molecule has 4 rings (SSSR count). The van der Waals surface area contributed by atoms with Gasteiger partial charge in [0.15, 0.2) is 0 Å². The summed E-state index contributed by atoms with van der Waals surface area (Å²) < 4.78 is 0. The molecule has 3 heterocycles. The molecule has 0 bridgehead atoms. The molecule has 2 aromatic rings. The van der Waals surface area contributed by atoms with Crippen LogP contribution < -0.4 is 4.90 Å². The maximum absolute atomic E-state index is 13.3. The Bertz CT molecular complexity index is 1010. The normalized spacial score (nSPS) is 18.1. The number of rotatable bonds is 7. The smallest absolute Gasteiger partial charge is 0.263 e. The minimum absolute atomic E-state index is 0.0971. The summed E-state index contributed by atoms with van der Waals surface area (Å²) in [6, 6.07) is 9.08. The topological polar surface area (TPSA) is 73.8 Å². The van der Waals surface area contributed by atoms with Gasteiger partial charge in [-0.3, -0.25) is 24.3 Å². The molecule has 1 aromatic heterocycles. The number of amides is 3. The van der Waals surface area contributed by atoms with E-state index in [9.17, 15) is 14.4 Å². The van der Waals surface area contributed by atoms with Gasteiger partial charge >= 0.3 is 0 Å². The average Bonchev–Trinajstić information content (AvgIpc) is 3.07. The summed E-state index contributed by atoms with van der Waals surface area (Å²) in [6.07, 6.45) is 7.10. The van der Waals surface area contributed by atoms with E-state index in [0.717, 1.165) is 50.0 Å². The lowest BCUT2D eigenvalue weighted by Crippen LogP contribution is -2.44. The van der Waals surface area contributed by atoms with Gasteiger partial charge in [0.25, 0.3) is 11.8 Å². The molecule has 1 saturated heterocycles. The summed E-state index contributed by atoms with van der Waals surface area (Å²) >= 11 is 0. The van der Waals surface area contributed by atoms with Crippen LogP contribution in [0.1, 0.15) is 58.9 Å². The fraction of sp³-hybridized carbons (Fsp3) is 0.440. The van der Waals surface area contributed by atoms with Crippen molar-refractivity contribution in [2.45, 2.75) is 39.2 Å². The SMILES string of the molecule is CCCCN(C)C(=O)[C@H]1CCCN(c2cccc3c2C(=O)N(Cc2cccnc2)C3=O)C1. The van der Waals surface area contributed by atoms with E-state index in [2.05, 4.69) is 16.8 Å². The second-order valence-electron chi connectivity index (χ2n) is 8.66. The first-order valence-electron chi connectivity index (χ1n) is 11.4. The van der Waals surface area contributed by atoms with Crippen LogP contribution in [0, 0.1) is 5.92 Å². The lowest BCUT2D eigenvalue weighted by molar-refractivity contribution is -0.134. The molecule has 2 aliphatic rings. The fourth-order valence-corrected chi connectivity index (χ4v) is 4.61. The zero-order chi connectivity index (χ0) is 22.7. The van der Waals surface area contributed by atoms with Crippen molar-refractivity contribution in [3.8, 4) is 0 Å². The second kappa shape index (κ2) is 9.51. The molecule has 0 aliphatic carbocycles. The van der Waals surface area contributed by atoms with E-state index in [1.165, 1.54) is 4.90 Å². The van der Waals surface area contributed by atoms with E-state index < -0.39 is 0 Å². The molecule has 0 saturated carbocycles. The molecule has 0 unspecified atom stereocenters. The van der Waals surface area contributed by atoms with Crippen molar-refractivity contribution in [2.75, 3.05) is 31.6 Å². The minimum Gasteiger partial charge on any atom is -0.370 e. The Labute approximate surface area is 189 Å². The van der Waals surface area contributed by atoms with Gasteiger partial charge in [0.2, 0.25) is 5.91 Å². The van der Waals surface area contributed by atoms with E-state index in [0.29, 0.717) is 17.7 Å². The number of aromatic nitrogens is 1. The molecule has 0 N–H and O–H groups in total. The van der Waals surface area contributed by atoms with Crippen molar-refractivity contribution in [3.63, 3.8) is 0 Å². The highest BCUT2D eigenvalue weighted by molar-refractivity contribution is 6.23. The standard InChI is InChI=1S/C25H30N4O3/c1-3-4-13-27(2)23(30)19-9-7-14-28(17-19)21-11-5-10-20-22(21)25(32)29(24(20)31)16-18-8-6-12-26-15-18/h5-6,8,10-12,15,19H,3-4,7,9,13-14,16-17H2,1-2H3/t19-/m0/s1. The molecule has 1 atom stereocenters. The van der Waals surface area contributed by atoms with Crippen LogP contribution in [0.15, 0.2) is 42.7 Å². The summed E-state index contributed by atoms with van der Waals surface area (Å²) in [5.74, 6) is -0.492. The van der Waals surface area contributed by atoms with Crippen LogP contribution in [0.4, 0.5) is 5.69 Å². The van der Waals surface area contributed by atoms with Crippen LogP contribution in [0.3, 0.4) is 0 Å². The lowest BCUT2D eigenvalue weighted by atomic mass is 9.95. The van der Waals surface area contributed by atoms with Gasteiger partial charge < -0.3 is 9.80 Å². The molecule has 1 aromatic carbocycles. The van der Waals surface area contributed by atoms with Gasteiger partial charge in [0.1, 0.15) is 0 Å². The van der Waals surface area contributed by atoms with E-state index in [1.807, 2.05) is 30.1 Å². The number of hydrogen-bond donors (Lipinski definition) is 0. The molecular weight excluding hydrogens is 404 g/mol. The Hall–Kier alpha value is -3.22. The molecule has 32 heavy (non-hydrogen) atoms. The maximum Gasteiger partial charge on any atom is 0.263 e. The number of carbonyl (C=O) groups excluding carboxylic acids is 3. The largest absolute Gasteiger partial charge is 0.370 e. The van der Waals surface area contributed by atoms with Crippen LogP contribution in [0.2, 0.25) is 0 Å². The number of piperidine rings is 1. The van der Waals surface area contributed by atoms with Crippen molar-refractivity contribution in [1.29, 1.82) is 0 Å². The highest BCUT2D eigenvalue weighted by atomic mass is 16.2. The van der Waals surface area contributed by atoms with Crippen molar-refractivity contribution >= 4 is 23.4 Å². The van der Waals surface area contributed by atoms with Crippen LogP contribution >= 0.6 is 0 Å². The van der Waals surface area contributed by atoms with Crippen molar-refractivity contribution in [2.24, 2.45) is 5.92 Å². The van der Waals surface area contributed by atoms with Crippen LogP contribution in [0.5, 0.6) is 0 Å². The Morgan fingerprint density at radius 3 is 2.78 bits per heavy atom. The van der Waals surface area contributed by atoms with Gasteiger partial charge in [-0.2, -0.15) is 0 Å². The quantitative estimate of drug-likeness (QED) is 0.625. The number of anilines is 1. The van der Waals surface area contributed by atoms with Crippen LogP contribution in [0.25, 0.3) is 0 Å². The Kier molecular flexibility index (Phi) is 6.53. The molecule has 1 fully saturated rings. The number of unbranched alkanes of at least 4 members (excludes halogenated alkanes) is 1. The first kappa shape index (κ1) is 22.0. The molecule has 7 nitrogen and oxygen atoms in total. The number of carbonyl (C=O) groups is 3. The fourth-order valence-electron chi connectivity index (χ4n) is 4.61. The van der Waals surface area contributed by atoms with Crippen LogP contribution in [-0.4, -0.2) is 59.2 Å². The maximum atomic E-state index is 13.3. The monoisotopic (exact) mass is 434 g/mol. The number of benzene rings is 1. The number of fused-ring (bicyclic) bond motifs is 1. The Balaban J connectivity index is 1.55. The number of pyridine rings is 1. The third kappa shape index (κ3) is 4.24. The van der Waals surface area contributed by atoms with Gasteiger partial charge in [-0.05, 0) is 43.0 Å². The average molecular weight is 435 g/mol. The van der Waals surface area contributed by atoms with Crippen molar-refractivity contribution in [3.05, 3.63) is 59.4 Å². The minimum atomic E-state index is -0.280. The Morgan fingerprint density at radius 1 is 1.19 bits per heavy atom. The zero-order valence-electron chi connectivity index (χ0n) is 18.8. The molecule has 0 spiro atoms. The van der Waals surface area contributed by atoms with E-state index in [-0.39, 0.29) is 30.2 Å². The first-order valence-corrected chi connectivity index (χ1v) is 11.4. The van der Waals surface area contributed by atoms with E-state index >= 15 is 0 Å². The molecule has 7 heteroatoms. The summed E-state index contributed by atoms with van der Waals surface area (Å²) in [6.45, 7) is 4.41. The highest BCUT2D eigenvalue weighted by Crippen LogP contribution is 2.35. The van der Waals surface area contributed by atoms with Gasteiger partial charge in [0.05, 0.1) is 29.3 Å². The predicted octanol–water partition coefficient (Wildman–Crippen LogP) is 3.35. The molecular formula is C25H30N4O3. The van der Waals surface area contributed by atoms with Crippen molar-refractivity contribution in [1.82, 2.24) is 14.8 Å². The summed E-state index contributed by atoms with van der Waals surface area (Å²) in [4.78, 5) is 48.6. The zero-order valence-corrected chi connectivity index (χ0v) is 18.8. The van der Waals surface area contributed by atoms with Crippen molar-refractivity contribution < 1.29 is 14.4 Å². The Morgan fingerprint density at radius 2 is 2.03 bits per heavy atom. The number of imide groups is 1. The second-order valence-corrected chi connectivity index (χ2v) is 8.66. The third-order valence-electron chi connectivity index (χ3n) is 6.38. The van der Waals surface area contributed by atoms with E-state index in [4.69, 9.17) is 0 Å².